The van der Waals surface area contributed by atoms with Gasteiger partial charge < -0.3 is 15.4 Å². The maximum absolute atomic E-state index is 12.1. The molecule has 6 heteroatoms. The number of carbonyl (C=O) groups is 2. The fourth-order valence-electron chi connectivity index (χ4n) is 3.17. The standard InChI is InChI=1S/C19H28N2O3.ClH/c1-14(17-4-3-10-20-13-17)12-18(22)21-11-9-15-5-7-16(8-6-15)19(23)24-2;/h5-8,14,17,20H,3-4,9-13H2,1-2H3,(H,21,22);1H. The van der Waals surface area contributed by atoms with E-state index in [-0.39, 0.29) is 24.3 Å². The molecule has 1 amide bonds. The number of methoxy groups -OCH3 is 1. The van der Waals surface area contributed by atoms with Crippen molar-refractivity contribution in [1.82, 2.24) is 10.6 Å². The van der Waals surface area contributed by atoms with Gasteiger partial charge in [0.2, 0.25) is 5.91 Å². The molecule has 0 saturated carbocycles. The molecule has 2 atom stereocenters. The molecule has 2 N–H and O–H groups in total. The molecule has 2 unspecified atom stereocenters. The minimum Gasteiger partial charge on any atom is -0.465 e. The Morgan fingerprint density at radius 1 is 1.32 bits per heavy atom. The summed E-state index contributed by atoms with van der Waals surface area (Å²) in [4.78, 5) is 23.5. The number of amides is 1. The van der Waals surface area contributed by atoms with Crippen LogP contribution in [-0.2, 0) is 16.0 Å². The minimum absolute atomic E-state index is 0. The molecule has 1 fully saturated rings. The van der Waals surface area contributed by atoms with E-state index < -0.39 is 0 Å². The van der Waals surface area contributed by atoms with E-state index in [4.69, 9.17) is 0 Å². The summed E-state index contributed by atoms with van der Waals surface area (Å²) < 4.78 is 4.68. The second-order valence-corrected chi connectivity index (χ2v) is 6.58. The zero-order valence-electron chi connectivity index (χ0n) is 15.0. The van der Waals surface area contributed by atoms with Crippen LogP contribution < -0.4 is 10.6 Å². The van der Waals surface area contributed by atoms with Gasteiger partial charge in [-0.05, 0) is 61.9 Å². The van der Waals surface area contributed by atoms with Crippen molar-refractivity contribution in [1.29, 1.82) is 0 Å². The van der Waals surface area contributed by atoms with Gasteiger partial charge in [0.05, 0.1) is 12.7 Å². The minimum atomic E-state index is -0.332. The third-order valence-corrected chi connectivity index (χ3v) is 4.76. The number of hydrogen-bond donors (Lipinski definition) is 2. The lowest BCUT2D eigenvalue weighted by Crippen LogP contribution is -2.36. The summed E-state index contributed by atoms with van der Waals surface area (Å²) in [5.74, 6) is 0.813. The van der Waals surface area contributed by atoms with Crippen LogP contribution in [0.25, 0.3) is 0 Å². The van der Waals surface area contributed by atoms with Crippen LogP contribution in [0, 0.1) is 11.8 Å². The Morgan fingerprint density at radius 2 is 2.04 bits per heavy atom. The van der Waals surface area contributed by atoms with Crippen LogP contribution in [0.2, 0.25) is 0 Å². The number of halogens is 1. The molecule has 1 aliphatic heterocycles. The van der Waals surface area contributed by atoms with Gasteiger partial charge in [0.15, 0.2) is 0 Å². The zero-order valence-corrected chi connectivity index (χ0v) is 15.9. The van der Waals surface area contributed by atoms with E-state index >= 15 is 0 Å². The molecule has 0 spiro atoms. The molecular weight excluding hydrogens is 340 g/mol. The van der Waals surface area contributed by atoms with Crippen LogP contribution in [-0.4, -0.2) is 38.6 Å². The molecule has 0 radical (unpaired) electrons. The first kappa shape index (κ1) is 21.5. The molecule has 1 aromatic carbocycles. The first-order chi connectivity index (χ1) is 11.6. The van der Waals surface area contributed by atoms with Gasteiger partial charge in [0.25, 0.3) is 0 Å². The molecule has 2 rings (SSSR count). The smallest absolute Gasteiger partial charge is 0.337 e. The average Bonchev–Trinajstić information content (AvgIpc) is 2.62. The monoisotopic (exact) mass is 368 g/mol. The molecule has 5 nitrogen and oxygen atoms in total. The van der Waals surface area contributed by atoms with E-state index in [0.717, 1.165) is 25.1 Å². The molecule has 140 valence electrons. The first-order valence-corrected chi connectivity index (χ1v) is 8.75. The quantitative estimate of drug-likeness (QED) is 0.726. The van der Waals surface area contributed by atoms with Crippen molar-refractivity contribution in [2.45, 2.75) is 32.6 Å². The van der Waals surface area contributed by atoms with Crippen molar-refractivity contribution in [3.63, 3.8) is 0 Å². The topological polar surface area (TPSA) is 67.4 Å². The Balaban J connectivity index is 0.00000312. The van der Waals surface area contributed by atoms with Crippen LogP contribution in [0.15, 0.2) is 24.3 Å². The van der Waals surface area contributed by atoms with E-state index in [1.807, 2.05) is 12.1 Å². The van der Waals surface area contributed by atoms with Crippen molar-refractivity contribution < 1.29 is 14.3 Å². The molecule has 0 bridgehead atoms. The number of ether oxygens (including phenoxy) is 1. The number of piperidine rings is 1. The summed E-state index contributed by atoms with van der Waals surface area (Å²) in [5, 5.41) is 6.40. The number of hydrogen-bond acceptors (Lipinski definition) is 4. The number of rotatable bonds is 7. The highest BCUT2D eigenvalue weighted by Gasteiger charge is 2.21. The number of carbonyl (C=O) groups excluding carboxylic acids is 2. The SMILES string of the molecule is COC(=O)c1ccc(CCNC(=O)CC(C)C2CCCNC2)cc1.Cl. The Kier molecular flexibility index (Phi) is 9.53. The molecule has 1 aromatic rings. The second kappa shape index (κ2) is 11.1. The molecule has 0 aromatic heterocycles. The third kappa shape index (κ3) is 7.04. The van der Waals surface area contributed by atoms with Gasteiger partial charge in [0, 0.05) is 13.0 Å². The normalized spacial score (nSPS) is 17.9. The Morgan fingerprint density at radius 3 is 2.64 bits per heavy atom. The van der Waals surface area contributed by atoms with Crippen LogP contribution in [0.3, 0.4) is 0 Å². The Hall–Kier alpha value is -1.59. The molecule has 1 heterocycles. The van der Waals surface area contributed by atoms with Crippen molar-refractivity contribution in [3.05, 3.63) is 35.4 Å². The van der Waals surface area contributed by atoms with Crippen LogP contribution in [0.1, 0.15) is 42.1 Å². The van der Waals surface area contributed by atoms with E-state index in [1.165, 1.54) is 20.0 Å². The van der Waals surface area contributed by atoms with Crippen LogP contribution >= 0.6 is 12.4 Å². The van der Waals surface area contributed by atoms with Crippen molar-refractivity contribution in [2.75, 3.05) is 26.7 Å². The van der Waals surface area contributed by atoms with E-state index in [2.05, 4.69) is 22.3 Å². The number of benzene rings is 1. The summed E-state index contributed by atoms with van der Waals surface area (Å²) in [7, 11) is 1.37. The molecule has 1 aliphatic rings. The van der Waals surface area contributed by atoms with Gasteiger partial charge in [0.1, 0.15) is 0 Å². The van der Waals surface area contributed by atoms with Gasteiger partial charge in [-0.25, -0.2) is 4.79 Å². The molecule has 1 saturated heterocycles. The van der Waals surface area contributed by atoms with Crippen molar-refractivity contribution in [3.8, 4) is 0 Å². The highest BCUT2D eigenvalue weighted by atomic mass is 35.5. The Labute approximate surface area is 156 Å². The lowest BCUT2D eigenvalue weighted by molar-refractivity contribution is -0.122. The summed E-state index contributed by atoms with van der Waals surface area (Å²) in [5.41, 5.74) is 1.63. The lowest BCUT2D eigenvalue weighted by Gasteiger charge is -2.28. The fourth-order valence-corrected chi connectivity index (χ4v) is 3.17. The molecular formula is C19H29ClN2O3. The lowest BCUT2D eigenvalue weighted by atomic mass is 9.85. The van der Waals surface area contributed by atoms with Crippen molar-refractivity contribution in [2.24, 2.45) is 11.8 Å². The summed E-state index contributed by atoms with van der Waals surface area (Å²) in [6.45, 7) is 4.92. The van der Waals surface area contributed by atoms with Gasteiger partial charge in [-0.1, -0.05) is 19.1 Å². The highest BCUT2D eigenvalue weighted by Crippen LogP contribution is 2.22. The highest BCUT2D eigenvalue weighted by molar-refractivity contribution is 5.89. The fraction of sp³-hybridized carbons (Fsp3) is 0.579. The van der Waals surface area contributed by atoms with Crippen LogP contribution in [0.5, 0.6) is 0 Å². The predicted molar refractivity (Wildman–Crippen MR) is 101 cm³/mol. The van der Waals surface area contributed by atoms with Crippen molar-refractivity contribution >= 4 is 24.3 Å². The Bertz CT molecular complexity index is 542. The molecule has 0 aliphatic carbocycles. The maximum atomic E-state index is 12.1. The van der Waals surface area contributed by atoms with Gasteiger partial charge in [-0.15, -0.1) is 12.4 Å². The largest absolute Gasteiger partial charge is 0.465 e. The molecule has 25 heavy (non-hydrogen) atoms. The first-order valence-electron chi connectivity index (χ1n) is 8.75. The second-order valence-electron chi connectivity index (χ2n) is 6.58. The predicted octanol–water partition coefficient (Wildman–Crippen LogP) is 2.58. The third-order valence-electron chi connectivity index (χ3n) is 4.76. The average molecular weight is 369 g/mol. The number of esters is 1. The van der Waals surface area contributed by atoms with E-state index in [1.54, 1.807) is 12.1 Å². The summed E-state index contributed by atoms with van der Waals surface area (Å²) in [6, 6.07) is 7.30. The van der Waals surface area contributed by atoms with Gasteiger partial charge >= 0.3 is 5.97 Å². The van der Waals surface area contributed by atoms with E-state index in [0.29, 0.717) is 30.4 Å². The maximum Gasteiger partial charge on any atom is 0.337 e. The summed E-state index contributed by atoms with van der Waals surface area (Å²) >= 11 is 0. The van der Waals surface area contributed by atoms with Gasteiger partial charge in [-0.2, -0.15) is 0 Å². The zero-order chi connectivity index (χ0) is 17.4. The number of nitrogens with one attached hydrogen (secondary N) is 2. The summed E-state index contributed by atoms with van der Waals surface area (Å²) in [6.07, 6.45) is 3.77. The van der Waals surface area contributed by atoms with Crippen LogP contribution in [0.4, 0.5) is 0 Å². The van der Waals surface area contributed by atoms with E-state index in [9.17, 15) is 9.59 Å². The van der Waals surface area contributed by atoms with Gasteiger partial charge in [-0.3, -0.25) is 4.79 Å².